The van der Waals surface area contributed by atoms with E-state index < -0.39 is 16.0 Å². The van der Waals surface area contributed by atoms with Crippen LogP contribution in [0.5, 0.6) is 0 Å². The van der Waals surface area contributed by atoms with Crippen LogP contribution in [0.15, 0.2) is 53.4 Å². The number of carboxylic acids is 1. The number of nitrogens with zero attached hydrogens (tertiary/aromatic N) is 1. The van der Waals surface area contributed by atoms with Crippen molar-refractivity contribution in [2.45, 2.75) is 37.0 Å². The highest BCUT2D eigenvalue weighted by atomic mass is 32.2. The number of aryl methyl sites for hydroxylation is 1. The Morgan fingerprint density at radius 3 is 2.52 bits per heavy atom. The van der Waals surface area contributed by atoms with Crippen LogP contribution < -0.4 is 4.31 Å². The number of benzene rings is 2. The van der Waals surface area contributed by atoms with Crippen molar-refractivity contribution < 1.29 is 18.3 Å². The number of para-hydroxylation sites is 1. The standard InChI is InChI=1S/C19H21NO4S/c1-14-8-10-16(11-9-14)25(23,24)20-12-4-5-15(13-19(21)22)17-6-2-3-7-18(17)20/h2-3,6-11,15H,4-5,12-13H2,1H3,(H,21,22)/t15-/m1/s1. The molecule has 0 bridgehead atoms. The number of fused-ring (bicyclic) bond motifs is 1. The van der Waals surface area contributed by atoms with Gasteiger partial charge in [-0.05, 0) is 49.4 Å². The second-order valence-corrected chi connectivity index (χ2v) is 8.25. The van der Waals surface area contributed by atoms with E-state index in [-0.39, 0.29) is 17.2 Å². The van der Waals surface area contributed by atoms with Gasteiger partial charge in [-0.2, -0.15) is 0 Å². The molecule has 0 spiro atoms. The van der Waals surface area contributed by atoms with Gasteiger partial charge in [-0.1, -0.05) is 35.9 Å². The van der Waals surface area contributed by atoms with Crippen molar-refractivity contribution in [1.82, 2.24) is 0 Å². The first-order valence-electron chi connectivity index (χ1n) is 8.30. The average molecular weight is 359 g/mol. The van der Waals surface area contributed by atoms with E-state index in [9.17, 15) is 18.3 Å². The number of carbonyl (C=O) groups is 1. The summed E-state index contributed by atoms with van der Waals surface area (Å²) in [6, 6.07) is 14.0. The third kappa shape index (κ3) is 3.54. The minimum absolute atomic E-state index is 0.00936. The number of sulfonamides is 1. The molecule has 0 aromatic heterocycles. The molecule has 0 aliphatic carbocycles. The molecule has 1 aliphatic rings. The SMILES string of the molecule is Cc1ccc(S(=O)(=O)N2CCC[C@H](CC(=O)O)c3ccccc32)cc1. The highest BCUT2D eigenvalue weighted by molar-refractivity contribution is 7.92. The van der Waals surface area contributed by atoms with Gasteiger partial charge in [0.05, 0.1) is 17.0 Å². The van der Waals surface area contributed by atoms with Gasteiger partial charge in [0.15, 0.2) is 0 Å². The second kappa shape index (κ2) is 6.88. The molecule has 0 unspecified atom stereocenters. The predicted octanol–water partition coefficient (Wildman–Crippen LogP) is 3.54. The Kier molecular flexibility index (Phi) is 4.81. The van der Waals surface area contributed by atoms with Crippen molar-refractivity contribution in [3.63, 3.8) is 0 Å². The Morgan fingerprint density at radius 2 is 1.84 bits per heavy atom. The summed E-state index contributed by atoms with van der Waals surface area (Å²) in [5.41, 5.74) is 2.38. The van der Waals surface area contributed by atoms with Crippen molar-refractivity contribution in [1.29, 1.82) is 0 Å². The fourth-order valence-electron chi connectivity index (χ4n) is 3.33. The molecule has 1 heterocycles. The number of rotatable bonds is 4. The molecule has 2 aromatic carbocycles. The molecule has 1 aliphatic heterocycles. The average Bonchev–Trinajstić information content (AvgIpc) is 2.75. The zero-order valence-corrected chi connectivity index (χ0v) is 14.9. The Labute approximate surface area is 148 Å². The van der Waals surface area contributed by atoms with Gasteiger partial charge in [-0.15, -0.1) is 0 Å². The summed E-state index contributed by atoms with van der Waals surface area (Å²) >= 11 is 0. The Bertz CT molecular complexity index is 875. The van der Waals surface area contributed by atoms with Crippen molar-refractivity contribution in [2.75, 3.05) is 10.8 Å². The molecule has 5 nitrogen and oxygen atoms in total. The lowest BCUT2D eigenvalue weighted by Crippen LogP contribution is -2.31. The largest absolute Gasteiger partial charge is 0.481 e. The molecular weight excluding hydrogens is 338 g/mol. The monoisotopic (exact) mass is 359 g/mol. The van der Waals surface area contributed by atoms with Crippen molar-refractivity contribution in [3.8, 4) is 0 Å². The molecule has 0 fully saturated rings. The predicted molar refractivity (Wildman–Crippen MR) is 96.4 cm³/mol. The van der Waals surface area contributed by atoms with Crippen molar-refractivity contribution >= 4 is 21.7 Å². The quantitative estimate of drug-likeness (QED) is 0.906. The van der Waals surface area contributed by atoms with E-state index in [0.29, 0.717) is 25.1 Å². The number of carboxylic acid groups (broad SMARTS) is 1. The highest BCUT2D eigenvalue weighted by Gasteiger charge is 2.31. The molecule has 0 amide bonds. The van der Waals surface area contributed by atoms with E-state index >= 15 is 0 Å². The van der Waals surface area contributed by atoms with Gasteiger partial charge in [0, 0.05) is 6.54 Å². The van der Waals surface area contributed by atoms with Gasteiger partial charge in [0.25, 0.3) is 10.0 Å². The summed E-state index contributed by atoms with van der Waals surface area (Å²) in [5.74, 6) is -1.04. The normalized spacial score (nSPS) is 17.6. The van der Waals surface area contributed by atoms with E-state index in [2.05, 4.69) is 0 Å². The Hall–Kier alpha value is -2.34. The fraction of sp³-hybridized carbons (Fsp3) is 0.316. The minimum Gasteiger partial charge on any atom is -0.481 e. The first-order chi connectivity index (χ1) is 11.9. The third-order valence-electron chi connectivity index (χ3n) is 4.59. The summed E-state index contributed by atoms with van der Waals surface area (Å²) in [7, 11) is -3.68. The van der Waals surface area contributed by atoms with Crippen LogP contribution in [-0.2, 0) is 14.8 Å². The maximum absolute atomic E-state index is 13.2. The molecule has 2 aromatic rings. The van der Waals surface area contributed by atoms with Crippen LogP contribution in [0, 0.1) is 6.92 Å². The number of anilines is 1. The van der Waals surface area contributed by atoms with Gasteiger partial charge in [-0.25, -0.2) is 8.42 Å². The van der Waals surface area contributed by atoms with Crippen molar-refractivity contribution in [3.05, 3.63) is 59.7 Å². The summed E-state index contributed by atoms with van der Waals surface area (Å²) in [6.45, 7) is 2.26. The highest BCUT2D eigenvalue weighted by Crippen LogP contribution is 2.38. The second-order valence-electron chi connectivity index (χ2n) is 6.39. The van der Waals surface area contributed by atoms with Gasteiger partial charge in [-0.3, -0.25) is 9.10 Å². The lowest BCUT2D eigenvalue weighted by molar-refractivity contribution is -0.137. The topological polar surface area (TPSA) is 74.7 Å². The van der Waals surface area contributed by atoms with Crippen molar-refractivity contribution in [2.24, 2.45) is 0 Å². The van der Waals surface area contributed by atoms with Crippen LogP contribution in [-0.4, -0.2) is 26.0 Å². The molecule has 25 heavy (non-hydrogen) atoms. The zero-order valence-electron chi connectivity index (χ0n) is 14.1. The van der Waals surface area contributed by atoms with Gasteiger partial charge in [0.1, 0.15) is 0 Å². The van der Waals surface area contributed by atoms with Crippen LogP contribution in [0.1, 0.15) is 36.3 Å². The number of hydrogen-bond donors (Lipinski definition) is 1. The van der Waals surface area contributed by atoms with Crippen LogP contribution in [0.25, 0.3) is 0 Å². The van der Waals surface area contributed by atoms with Crippen LogP contribution in [0.3, 0.4) is 0 Å². The van der Waals surface area contributed by atoms with Crippen LogP contribution in [0.4, 0.5) is 5.69 Å². The molecule has 3 rings (SSSR count). The maximum atomic E-state index is 13.2. The van der Waals surface area contributed by atoms with Crippen LogP contribution >= 0.6 is 0 Å². The molecule has 1 N–H and O–H groups in total. The Balaban J connectivity index is 2.06. The molecule has 6 heteroatoms. The summed E-state index contributed by atoms with van der Waals surface area (Å²) in [5, 5.41) is 9.18. The third-order valence-corrected chi connectivity index (χ3v) is 6.42. The molecule has 132 valence electrons. The zero-order chi connectivity index (χ0) is 18.0. The van der Waals surface area contributed by atoms with Gasteiger partial charge in [0.2, 0.25) is 0 Å². The first kappa shape index (κ1) is 17.5. The summed E-state index contributed by atoms with van der Waals surface area (Å²) in [4.78, 5) is 11.4. The molecule has 0 radical (unpaired) electrons. The van der Waals surface area contributed by atoms with E-state index in [0.717, 1.165) is 11.1 Å². The lowest BCUT2D eigenvalue weighted by Gasteiger charge is -2.25. The van der Waals surface area contributed by atoms with E-state index in [1.54, 1.807) is 36.4 Å². The number of aliphatic carboxylic acids is 1. The summed E-state index contributed by atoms with van der Waals surface area (Å²) in [6.07, 6.45) is 1.29. The van der Waals surface area contributed by atoms with E-state index in [4.69, 9.17) is 0 Å². The minimum atomic E-state index is -3.68. The lowest BCUT2D eigenvalue weighted by atomic mass is 9.91. The van der Waals surface area contributed by atoms with E-state index in [1.807, 2.05) is 19.1 Å². The smallest absolute Gasteiger partial charge is 0.303 e. The molecule has 1 atom stereocenters. The molecule has 0 saturated carbocycles. The molecule has 0 saturated heterocycles. The summed E-state index contributed by atoms with van der Waals surface area (Å²) < 4.78 is 27.7. The van der Waals surface area contributed by atoms with Gasteiger partial charge >= 0.3 is 5.97 Å². The number of hydrogen-bond acceptors (Lipinski definition) is 3. The fourth-order valence-corrected chi connectivity index (χ4v) is 4.86. The van der Waals surface area contributed by atoms with E-state index in [1.165, 1.54) is 4.31 Å². The molecular formula is C19H21NO4S. The van der Waals surface area contributed by atoms with Gasteiger partial charge < -0.3 is 5.11 Å². The first-order valence-corrected chi connectivity index (χ1v) is 9.74. The maximum Gasteiger partial charge on any atom is 0.303 e. The Morgan fingerprint density at radius 1 is 1.16 bits per heavy atom. The van der Waals surface area contributed by atoms with Crippen LogP contribution in [0.2, 0.25) is 0 Å².